The molecule has 4 aromatic rings. The number of nitrogens with one attached hydrogen (secondary N) is 3. The molecule has 176 valence electrons. The first-order chi connectivity index (χ1) is 16.1. The number of hydrogen-bond donors (Lipinski definition) is 3. The summed E-state index contributed by atoms with van der Waals surface area (Å²) in [6.07, 6.45) is 0.0749. The number of fused-ring (bicyclic) bond motifs is 1. The summed E-state index contributed by atoms with van der Waals surface area (Å²) >= 11 is 6.37. The molecule has 1 atom stereocenters. The van der Waals surface area contributed by atoms with Crippen molar-refractivity contribution in [3.8, 4) is 0 Å². The number of halogens is 2. The van der Waals surface area contributed by atoms with Crippen LogP contribution in [0.1, 0.15) is 35.6 Å². The number of nitrogens with zero attached hydrogens (tertiary/aromatic N) is 2. The highest BCUT2D eigenvalue weighted by molar-refractivity contribution is 6.34. The lowest BCUT2D eigenvalue weighted by Gasteiger charge is -2.16. The molecule has 2 aromatic carbocycles. The zero-order chi connectivity index (χ0) is 24.6. The van der Waals surface area contributed by atoms with Crippen LogP contribution in [-0.4, -0.2) is 26.6 Å². The maximum Gasteiger partial charge on any atom is 0.248 e. The number of carbonyl (C=O) groups excluding carboxylic acids is 2. The molecule has 0 saturated heterocycles. The van der Waals surface area contributed by atoms with E-state index < -0.39 is 6.04 Å². The van der Waals surface area contributed by atoms with Gasteiger partial charge in [0.1, 0.15) is 11.9 Å². The highest BCUT2D eigenvalue weighted by Gasteiger charge is 2.19. The fourth-order valence-electron chi connectivity index (χ4n) is 4.03. The zero-order valence-corrected chi connectivity index (χ0v) is 20.0. The second-order valence-electron chi connectivity index (χ2n) is 8.37. The van der Waals surface area contributed by atoms with Gasteiger partial charge in [-0.25, -0.2) is 4.39 Å². The van der Waals surface area contributed by atoms with E-state index in [0.717, 1.165) is 28.2 Å². The van der Waals surface area contributed by atoms with Crippen molar-refractivity contribution in [2.24, 2.45) is 0 Å². The molecular weight excluding hydrogens is 457 g/mol. The number of rotatable bonds is 6. The average molecular weight is 482 g/mol. The molecule has 0 bridgehead atoms. The lowest BCUT2D eigenvalue weighted by atomic mass is 10.1. The second-order valence-corrected chi connectivity index (χ2v) is 8.78. The molecule has 4 rings (SSSR count). The number of aromatic nitrogens is 3. The third-order valence-electron chi connectivity index (χ3n) is 5.72. The predicted molar refractivity (Wildman–Crippen MR) is 132 cm³/mol. The smallest absolute Gasteiger partial charge is 0.248 e. The summed E-state index contributed by atoms with van der Waals surface area (Å²) in [5.41, 5.74) is 4.97. The van der Waals surface area contributed by atoms with Crippen molar-refractivity contribution in [2.45, 2.75) is 40.2 Å². The monoisotopic (exact) mass is 481 g/mol. The largest absolute Gasteiger partial charge is 0.358 e. The van der Waals surface area contributed by atoms with Crippen LogP contribution < -0.4 is 10.6 Å². The summed E-state index contributed by atoms with van der Waals surface area (Å²) in [5, 5.41) is 10.9. The lowest BCUT2D eigenvalue weighted by molar-refractivity contribution is -0.119. The molecule has 9 heteroatoms. The van der Waals surface area contributed by atoms with E-state index in [2.05, 4.69) is 20.7 Å². The Balaban J connectivity index is 1.44. The van der Waals surface area contributed by atoms with Gasteiger partial charge in [-0.1, -0.05) is 11.6 Å². The fraction of sp³-hybridized carbons (Fsp3) is 0.240. The molecule has 3 N–H and O–H groups in total. The van der Waals surface area contributed by atoms with Gasteiger partial charge in [-0.15, -0.1) is 0 Å². The van der Waals surface area contributed by atoms with Crippen LogP contribution in [0.15, 0.2) is 42.5 Å². The Bertz CT molecular complexity index is 1410. The van der Waals surface area contributed by atoms with Gasteiger partial charge in [-0.2, -0.15) is 5.10 Å². The molecule has 2 amide bonds. The van der Waals surface area contributed by atoms with Crippen LogP contribution in [0.2, 0.25) is 5.02 Å². The van der Waals surface area contributed by atoms with E-state index in [1.807, 2.05) is 26.8 Å². The minimum absolute atomic E-state index is 0.0749. The first-order valence-corrected chi connectivity index (χ1v) is 11.2. The molecule has 0 fully saturated rings. The highest BCUT2D eigenvalue weighted by atomic mass is 35.5. The van der Waals surface area contributed by atoms with Crippen LogP contribution in [0.25, 0.3) is 10.9 Å². The number of amides is 2. The van der Waals surface area contributed by atoms with E-state index in [1.54, 1.807) is 35.9 Å². The van der Waals surface area contributed by atoms with Gasteiger partial charge >= 0.3 is 0 Å². The van der Waals surface area contributed by atoms with Crippen molar-refractivity contribution in [3.05, 3.63) is 75.9 Å². The quantitative estimate of drug-likeness (QED) is 0.341. The second kappa shape index (κ2) is 9.30. The predicted octanol–water partition coefficient (Wildman–Crippen LogP) is 5.46. The Morgan fingerprint density at radius 1 is 1.12 bits per heavy atom. The molecular formula is C25H25ClFN5O2. The van der Waals surface area contributed by atoms with Crippen molar-refractivity contribution >= 4 is 45.7 Å². The van der Waals surface area contributed by atoms with Crippen molar-refractivity contribution in [1.82, 2.24) is 14.8 Å². The number of benzene rings is 2. The molecule has 0 aliphatic carbocycles. The van der Waals surface area contributed by atoms with Crippen LogP contribution in [0.3, 0.4) is 0 Å². The molecule has 7 nitrogen and oxygen atoms in total. The van der Waals surface area contributed by atoms with E-state index in [1.165, 1.54) is 12.1 Å². The van der Waals surface area contributed by atoms with Gasteiger partial charge in [0.25, 0.3) is 0 Å². The number of carbonyl (C=O) groups is 2. The van der Waals surface area contributed by atoms with Crippen molar-refractivity contribution in [2.75, 3.05) is 10.6 Å². The van der Waals surface area contributed by atoms with Gasteiger partial charge in [-0.3, -0.25) is 14.3 Å². The van der Waals surface area contributed by atoms with E-state index in [-0.39, 0.29) is 29.1 Å². The number of aryl methyl sites for hydroxylation is 3. The van der Waals surface area contributed by atoms with Crippen molar-refractivity contribution < 1.29 is 14.0 Å². The first-order valence-electron chi connectivity index (χ1n) is 10.8. The van der Waals surface area contributed by atoms with Gasteiger partial charge in [0.2, 0.25) is 11.8 Å². The Hall–Kier alpha value is -3.65. The normalized spacial score (nSPS) is 12.1. The third-order valence-corrected chi connectivity index (χ3v) is 6.03. The summed E-state index contributed by atoms with van der Waals surface area (Å²) in [6.45, 7) is 7.37. The number of H-pyrrole nitrogens is 1. The SMILES string of the molecule is Cc1cc(C)n(C(C)C(=O)Nc2ccc(NC(=O)Cc3c(C)[nH]c4ccc(F)cc34)cc2Cl)n1. The standard InChI is InChI=1S/C25H25ClFN5O2/c1-13-9-14(2)32(31-13)16(4)25(34)30-23-8-6-18(11-21(23)26)29-24(33)12-19-15(3)28-22-7-5-17(27)10-20(19)22/h5-11,16,28H,12H2,1-4H3,(H,29,33)(H,30,34). The van der Waals surface area contributed by atoms with E-state index >= 15 is 0 Å². The summed E-state index contributed by atoms with van der Waals surface area (Å²) in [6, 6.07) is 10.7. The van der Waals surface area contributed by atoms with Crippen molar-refractivity contribution in [1.29, 1.82) is 0 Å². The fourth-order valence-corrected chi connectivity index (χ4v) is 4.26. The number of hydrogen-bond acceptors (Lipinski definition) is 3. The van der Waals surface area contributed by atoms with Crippen LogP contribution >= 0.6 is 11.6 Å². The Morgan fingerprint density at radius 2 is 1.88 bits per heavy atom. The zero-order valence-electron chi connectivity index (χ0n) is 19.3. The minimum atomic E-state index is -0.520. The molecule has 0 radical (unpaired) electrons. The number of aromatic amines is 1. The summed E-state index contributed by atoms with van der Waals surface area (Å²) in [4.78, 5) is 28.5. The maximum atomic E-state index is 13.7. The molecule has 2 aromatic heterocycles. The topological polar surface area (TPSA) is 91.8 Å². The Morgan fingerprint density at radius 3 is 2.56 bits per heavy atom. The highest BCUT2D eigenvalue weighted by Crippen LogP contribution is 2.28. The third kappa shape index (κ3) is 4.82. The van der Waals surface area contributed by atoms with Crippen LogP contribution in [-0.2, 0) is 16.0 Å². The van der Waals surface area contributed by atoms with Gasteiger partial charge in [-0.05, 0) is 75.7 Å². The molecule has 0 spiro atoms. The Kier molecular flexibility index (Phi) is 6.43. The summed E-state index contributed by atoms with van der Waals surface area (Å²) < 4.78 is 15.3. The van der Waals surface area contributed by atoms with Crippen LogP contribution in [0, 0.1) is 26.6 Å². The lowest BCUT2D eigenvalue weighted by Crippen LogP contribution is -2.25. The molecule has 34 heavy (non-hydrogen) atoms. The van der Waals surface area contributed by atoms with Gasteiger partial charge in [0.15, 0.2) is 0 Å². The molecule has 0 aliphatic heterocycles. The molecule has 1 unspecified atom stereocenters. The maximum absolute atomic E-state index is 13.7. The van der Waals surface area contributed by atoms with Gasteiger partial charge in [0.05, 0.1) is 22.8 Å². The van der Waals surface area contributed by atoms with Crippen molar-refractivity contribution in [3.63, 3.8) is 0 Å². The minimum Gasteiger partial charge on any atom is -0.358 e. The molecule has 0 saturated carbocycles. The average Bonchev–Trinajstić information content (AvgIpc) is 3.27. The van der Waals surface area contributed by atoms with Gasteiger partial charge in [0, 0.05) is 28.0 Å². The van der Waals surface area contributed by atoms with E-state index in [4.69, 9.17) is 11.6 Å². The Labute approximate surface area is 201 Å². The summed E-state index contributed by atoms with van der Waals surface area (Å²) in [5.74, 6) is -0.879. The summed E-state index contributed by atoms with van der Waals surface area (Å²) in [7, 11) is 0. The molecule has 0 aliphatic rings. The molecule has 2 heterocycles. The van der Waals surface area contributed by atoms with Crippen LogP contribution in [0.4, 0.5) is 15.8 Å². The number of anilines is 2. The van der Waals surface area contributed by atoms with Crippen LogP contribution in [0.5, 0.6) is 0 Å². The van der Waals surface area contributed by atoms with E-state index in [9.17, 15) is 14.0 Å². The van der Waals surface area contributed by atoms with Gasteiger partial charge < -0.3 is 15.6 Å². The van der Waals surface area contributed by atoms with E-state index in [0.29, 0.717) is 16.8 Å². The first kappa shape index (κ1) is 23.5.